The fourth-order valence-electron chi connectivity index (χ4n) is 0.932. The van der Waals surface area contributed by atoms with Crippen molar-refractivity contribution in [3.05, 3.63) is 46.9 Å². The van der Waals surface area contributed by atoms with Gasteiger partial charge in [-0.2, -0.15) is 12.6 Å². The van der Waals surface area contributed by atoms with Crippen LogP contribution in [0.2, 0.25) is 0 Å². The molecule has 0 aromatic rings. The molecule has 0 aliphatic carbocycles. The largest absolute Gasteiger partial charge is 0.151 e. The summed E-state index contributed by atoms with van der Waals surface area (Å²) in [4.78, 5) is 0. The van der Waals surface area contributed by atoms with Gasteiger partial charge in [0.05, 0.1) is 0 Å². The zero-order valence-electron chi connectivity index (χ0n) is 7.91. The Hall–Kier alpha value is -0.690. The van der Waals surface area contributed by atoms with E-state index in [4.69, 9.17) is 0 Å². The Labute approximate surface area is 80.8 Å². The van der Waals surface area contributed by atoms with Crippen LogP contribution in [0.15, 0.2) is 46.9 Å². The van der Waals surface area contributed by atoms with E-state index in [0.717, 1.165) is 5.57 Å². The predicted octanol–water partition coefficient (Wildman–Crippen LogP) is 3.90. The third-order valence-corrected chi connectivity index (χ3v) is 1.75. The number of thiol groups is 1. The maximum absolute atomic E-state index is 4.15. The Morgan fingerprint density at radius 1 is 0.917 bits per heavy atom. The fourth-order valence-corrected chi connectivity index (χ4v) is 1.17. The number of allylic oxidation sites excluding steroid dienone is 7. The molecule has 0 aromatic heterocycles. The van der Waals surface area contributed by atoms with Crippen molar-refractivity contribution in [3.63, 3.8) is 0 Å². The molecule has 1 heteroatoms. The van der Waals surface area contributed by atoms with Crippen molar-refractivity contribution >= 4 is 12.6 Å². The van der Waals surface area contributed by atoms with Crippen LogP contribution < -0.4 is 0 Å². The monoisotopic (exact) mass is 180 g/mol. The standard InChI is InChI=1S/C11H16S/c1-4-7-10(6-3)11(9-12)8-5-2/h4-9,12H,1-3H3/b7-4-,8-5-,10-6-,11-9+. The van der Waals surface area contributed by atoms with Gasteiger partial charge in [0, 0.05) is 0 Å². The second-order valence-electron chi connectivity index (χ2n) is 2.33. The van der Waals surface area contributed by atoms with E-state index in [1.165, 1.54) is 5.57 Å². The van der Waals surface area contributed by atoms with E-state index in [1.54, 1.807) is 0 Å². The highest BCUT2D eigenvalue weighted by Crippen LogP contribution is 2.14. The van der Waals surface area contributed by atoms with Gasteiger partial charge in [-0.15, -0.1) is 0 Å². The maximum atomic E-state index is 4.15. The lowest BCUT2D eigenvalue weighted by Gasteiger charge is -2.00. The number of rotatable bonds is 3. The van der Waals surface area contributed by atoms with Gasteiger partial charge in [0.1, 0.15) is 0 Å². The molecule has 66 valence electrons. The van der Waals surface area contributed by atoms with Crippen LogP contribution in [0.1, 0.15) is 20.8 Å². The summed E-state index contributed by atoms with van der Waals surface area (Å²) in [5.74, 6) is 0. The molecule has 0 N–H and O–H groups in total. The smallest absolute Gasteiger partial charge is 0.0130 e. The van der Waals surface area contributed by atoms with Crippen LogP contribution in [-0.2, 0) is 0 Å². The van der Waals surface area contributed by atoms with Crippen LogP contribution in [0.5, 0.6) is 0 Å². The summed E-state index contributed by atoms with van der Waals surface area (Å²) < 4.78 is 0. The lowest BCUT2D eigenvalue weighted by Crippen LogP contribution is -1.80. The van der Waals surface area contributed by atoms with Crippen LogP contribution in [0.25, 0.3) is 0 Å². The molecule has 0 atom stereocenters. The van der Waals surface area contributed by atoms with Crippen molar-refractivity contribution in [2.45, 2.75) is 20.8 Å². The molecule has 0 saturated carbocycles. The van der Waals surface area contributed by atoms with Gasteiger partial charge in [-0.1, -0.05) is 30.4 Å². The average molecular weight is 180 g/mol. The highest BCUT2D eigenvalue weighted by Gasteiger charge is 1.93. The van der Waals surface area contributed by atoms with Gasteiger partial charge in [-0.3, -0.25) is 0 Å². The van der Waals surface area contributed by atoms with Gasteiger partial charge in [0.15, 0.2) is 0 Å². The molecule has 0 aliphatic heterocycles. The Morgan fingerprint density at radius 2 is 1.42 bits per heavy atom. The van der Waals surface area contributed by atoms with Crippen LogP contribution in [0, 0.1) is 0 Å². The SMILES string of the molecule is C\C=C/C(=C/C)C(/C=C\C)=C/S. The zero-order chi connectivity index (χ0) is 9.40. The fraction of sp³-hybridized carbons (Fsp3) is 0.273. The minimum absolute atomic E-state index is 1.14. The average Bonchev–Trinajstić information content (AvgIpc) is 2.11. The molecule has 0 rings (SSSR count). The minimum Gasteiger partial charge on any atom is -0.151 e. The van der Waals surface area contributed by atoms with Crippen LogP contribution in [0.4, 0.5) is 0 Å². The Balaban J connectivity index is 4.71. The lowest BCUT2D eigenvalue weighted by atomic mass is 10.1. The van der Waals surface area contributed by atoms with Crippen molar-refractivity contribution in [1.29, 1.82) is 0 Å². The van der Waals surface area contributed by atoms with Crippen LogP contribution >= 0.6 is 12.6 Å². The molecule has 0 unspecified atom stereocenters. The van der Waals surface area contributed by atoms with E-state index < -0.39 is 0 Å². The summed E-state index contributed by atoms with van der Waals surface area (Å²) in [6, 6.07) is 0. The van der Waals surface area contributed by atoms with Crippen molar-refractivity contribution in [2.24, 2.45) is 0 Å². The highest BCUT2D eigenvalue weighted by atomic mass is 32.1. The molecular weight excluding hydrogens is 164 g/mol. The molecule has 0 spiro atoms. The van der Waals surface area contributed by atoms with Crippen LogP contribution in [0.3, 0.4) is 0 Å². The van der Waals surface area contributed by atoms with E-state index in [0.29, 0.717) is 0 Å². The van der Waals surface area contributed by atoms with Gasteiger partial charge < -0.3 is 0 Å². The molecule has 0 radical (unpaired) electrons. The van der Waals surface area contributed by atoms with E-state index in [-0.39, 0.29) is 0 Å². The first-order valence-electron chi connectivity index (χ1n) is 4.06. The molecule has 0 bridgehead atoms. The molecule has 0 nitrogen and oxygen atoms in total. The molecule has 0 saturated heterocycles. The van der Waals surface area contributed by atoms with Crippen LogP contribution in [-0.4, -0.2) is 0 Å². The minimum atomic E-state index is 1.14. The summed E-state index contributed by atoms with van der Waals surface area (Å²) in [5.41, 5.74) is 2.34. The van der Waals surface area contributed by atoms with Crippen molar-refractivity contribution in [2.75, 3.05) is 0 Å². The molecule has 0 fully saturated rings. The zero-order valence-corrected chi connectivity index (χ0v) is 8.81. The van der Waals surface area contributed by atoms with Gasteiger partial charge in [0.2, 0.25) is 0 Å². The maximum Gasteiger partial charge on any atom is -0.0130 e. The first-order valence-corrected chi connectivity index (χ1v) is 4.58. The molecule has 0 aliphatic rings. The first kappa shape index (κ1) is 11.3. The number of hydrogen-bond donors (Lipinski definition) is 1. The van der Waals surface area contributed by atoms with E-state index >= 15 is 0 Å². The summed E-state index contributed by atoms with van der Waals surface area (Å²) >= 11 is 4.15. The lowest BCUT2D eigenvalue weighted by molar-refractivity contribution is 1.49. The number of hydrogen-bond acceptors (Lipinski definition) is 1. The normalized spacial score (nSPS) is 15.0. The summed E-state index contributed by atoms with van der Waals surface area (Å²) in [5, 5.41) is 1.81. The Kier molecular flexibility index (Phi) is 6.58. The van der Waals surface area contributed by atoms with Crippen molar-refractivity contribution < 1.29 is 0 Å². The molecule has 12 heavy (non-hydrogen) atoms. The Morgan fingerprint density at radius 3 is 1.75 bits per heavy atom. The van der Waals surface area contributed by atoms with E-state index in [2.05, 4.69) is 24.8 Å². The quantitative estimate of drug-likeness (QED) is 0.494. The van der Waals surface area contributed by atoms with E-state index in [9.17, 15) is 0 Å². The summed E-state index contributed by atoms with van der Waals surface area (Å²) in [7, 11) is 0. The second kappa shape index (κ2) is 6.99. The summed E-state index contributed by atoms with van der Waals surface area (Å²) in [6.45, 7) is 6.03. The van der Waals surface area contributed by atoms with E-state index in [1.807, 2.05) is 44.4 Å². The van der Waals surface area contributed by atoms with Crippen molar-refractivity contribution in [3.8, 4) is 0 Å². The Bertz CT molecular complexity index is 203. The predicted molar refractivity (Wildman–Crippen MR) is 60.5 cm³/mol. The topological polar surface area (TPSA) is 0 Å². The van der Waals surface area contributed by atoms with Gasteiger partial charge >= 0.3 is 0 Å². The van der Waals surface area contributed by atoms with Gasteiger partial charge in [-0.05, 0) is 37.3 Å². The second-order valence-corrected chi connectivity index (χ2v) is 2.59. The third-order valence-electron chi connectivity index (χ3n) is 1.48. The third kappa shape index (κ3) is 3.63. The molecule has 0 aromatic carbocycles. The summed E-state index contributed by atoms with van der Waals surface area (Å²) in [6.07, 6.45) is 10.2. The molecule has 0 heterocycles. The van der Waals surface area contributed by atoms with Gasteiger partial charge in [0.25, 0.3) is 0 Å². The van der Waals surface area contributed by atoms with Crippen molar-refractivity contribution in [1.82, 2.24) is 0 Å². The van der Waals surface area contributed by atoms with Gasteiger partial charge in [-0.25, -0.2) is 0 Å². The molecule has 0 amide bonds. The highest BCUT2D eigenvalue weighted by molar-refractivity contribution is 7.83. The molecular formula is C11H16S. The first-order chi connectivity index (χ1) is 5.79.